The van der Waals surface area contributed by atoms with Gasteiger partial charge < -0.3 is 15.7 Å². The molecule has 0 aromatic carbocycles. The van der Waals surface area contributed by atoms with E-state index in [4.69, 9.17) is 5.11 Å². The van der Waals surface area contributed by atoms with E-state index in [2.05, 4.69) is 10.6 Å². The molecule has 0 bridgehead atoms. The van der Waals surface area contributed by atoms with Crippen molar-refractivity contribution in [1.29, 1.82) is 0 Å². The zero-order chi connectivity index (χ0) is 11.8. The molecule has 0 unspecified atom stereocenters. The van der Waals surface area contributed by atoms with E-state index in [0.29, 0.717) is 13.0 Å². The van der Waals surface area contributed by atoms with Crippen LogP contribution < -0.4 is 10.6 Å². The minimum Gasteiger partial charge on any atom is -0.480 e. The number of rotatable bonds is 7. The summed E-state index contributed by atoms with van der Waals surface area (Å²) in [6, 6.07) is -0.792. The number of carboxylic acid groups (broad SMARTS) is 1. The van der Waals surface area contributed by atoms with Crippen molar-refractivity contribution < 1.29 is 14.7 Å². The fourth-order valence-corrected chi connectivity index (χ4v) is 1.14. The highest BCUT2D eigenvalue weighted by molar-refractivity contribution is 5.83. The third-order valence-corrected chi connectivity index (χ3v) is 2.03. The molecule has 88 valence electrons. The minimum atomic E-state index is -0.984. The second-order valence-electron chi connectivity index (χ2n) is 3.73. The Bertz CT molecular complexity index is 217. The molecule has 3 N–H and O–H groups in total. The van der Waals surface area contributed by atoms with Crippen LogP contribution in [0.5, 0.6) is 0 Å². The third-order valence-electron chi connectivity index (χ3n) is 2.03. The fraction of sp³-hybridized carbons (Fsp3) is 0.800. The lowest BCUT2D eigenvalue weighted by Gasteiger charge is -2.17. The Labute approximate surface area is 90.2 Å². The quantitative estimate of drug-likeness (QED) is 0.532. The van der Waals surface area contributed by atoms with Gasteiger partial charge in [-0.3, -0.25) is 4.79 Å². The van der Waals surface area contributed by atoms with E-state index in [1.54, 1.807) is 13.8 Å². The van der Waals surface area contributed by atoms with Crippen molar-refractivity contribution in [1.82, 2.24) is 10.6 Å². The first-order valence-electron chi connectivity index (χ1n) is 5.22. The Morgan fingerprint density at radius 3 is 2.33 bits per heavy atom. The van der Waals surface area contributed by atoms with Crippen LogP contribution in [0, 0.1) is 5.92 Å². The van der Waals surface area contributed by atoms with Crippen LogP contribution in [0.25, 0.3) is 0 Å². The van der Waals surface area contributed by atoms with E-state index < -0.39 is 12.0 Å². The van der Waals surface area contributed by atoms with E-state index >= 15 is 0 Å². The molecule has 0 aliphatic carbocycles. The molecule has 0 aromatic heterocycles. The van der Waals surface area contributed by atoms with Crippen molar-refractivity contribution in [3.05, 3.63) is 0 Å². The topological polar surface area (TPSA) is 78.4 Å². The molecule has 5 nitrogen and oxygen atoms in total. The summed E-state index contributed by atoms with van der Waals surface area (Å²) in [7, 11) is 0. The maximum Gasteiger partial charge on any atom is 0.326 e. The number of carboxylic acids is 1. The molecule has 0 spiro atoms. The molecular weight excluding hydrogens is 196 g/mol. The molecule has 0 heterocycles. The molecular formula is C10H20N2O3. The van der Waals surface area contributed by atoms with E-state index in [1.165, 1.54) is 0 Å². The zero-order valence-electron chi connectivity index (χ0n) is 9.54. The van der Waals surface area contributed by atoms with Crippen LogP contribution in [0.1, 0.15) is 27.2 Å². The normalized spacial score (nSPS) is 12.5. The second-order valence-corrected chi connectivity index (χ2v) is 3.73. The maximum absolute atomic E-state index is 11.3. The molecule has 0 radical (unpaired) electrons. The maximum atomic E-state index is 11.3. The van der Waals surface area contributed by atoms with Crippen molar-refractivity contribution in [2.75, 3.05) is 13.1 Å². The monoisotopic (exact) mass is 216 g/mol. The van der Waals surface area contributed by atoms with E-state index in [9.17, 15) is 9.59 Å². The van der Waals surface area contributed by atoms with Crippen LogP contribution in [-0.2, 0) is 9.59 Å². The summed E-state index contributed by atoms with van der Waals surface area (Å²) in [6.07, 6.45) is 0.310. The van der Waals surface area contributed by atoms with Gasteiger partial charge in [-0.2, -0.15) is 0 Å². The number of hydrogen-bond donors (Lipinski definition) is 3. The summed E-state index contributed by atoms with van der Waals surface area (Å²) in [5.41, 5.74) is 0. The van der Waals surface area contributed by atoms with Gasteiger partial charge in [-0.25, -0.2) is 4.79 Å². The predicted octanol–water partition coefficient (Wildman–Crippen LogP) is 0.211. The molecule has 1 amide bonds. The van der Waals surface area contributed by atoms with Gasteiger partial charge in [0.25, 0.3) is 0 Å². The summed E-state index contributed by atoms with van der Waals surface area (Å²) in [5, 5.41) is 14.3. The number of aliphatic carboxylic acids is 1. The first-order valence-corrected chi connectivity index (χ1v) is 5.22. The lowest BCUT2D eigenvalue weighted by molar-refractivity contribution is -0.143. The number of amides is 1. The molecule has 0 rings (SSSR count). The Balaban J connectivity index is 3.95. The molecule has 0 fully saturated rings. The number of carbonyl (C=O) groups is 2. The van der Waals surface area contributed by atoms with Gasteiger partial charge >= 0.3 is 5.97 Å². The van der Waals surface area contributed by atoms with Crippen molar-refractivity contribution in [2.24, 2.45) is 5.92 Å². The smallest absolute Gasteiger partial charge is 0.326 e. The number of nitrogens with one attached hydrogen (secondary N) is 2. The standard InChI is InChI=1S/C10H20N2O3/c1-4-11-6-5-8(13)12-9(7(2)3)10(14)15/h7,9,11H,4-6H2,1-3H3,(H,12,13)(H,14,15)/t9-/m0/s1. The van der Waals surface area contributed by atoms with Crippen molar-refractivity contribution in [3.63, 3.8) is 0 Å². The fourth-order valence-electron chi connectivity index (χ4n) is 1.14. The van der Waals surface area contributed by atoms with Gasteiger partial charge in [0.05, 0.1) is 0 Å². The molecule has 0 saturated carbocycles. The van der Waals surface area contributed by atoms with E-state index in [0.717, 1.165) is 6.54 Å². The highest BCUT2D eigenvalue weighted by atomic mass is 16.4. The second kappa shape index (κ2) is 7.23. The van der Waals surface area contributed by atoms with E-state index in [1.807, 2.05) is 6.92 Å². The highest BCUT2D eigenvalue weighted by Crippen LogP contribution is 2.01. The van der Waals surface area contributed by atoms with Gasteiger partial charge in [-0.05, 0) is 12.5 Å². The van der Waals surface area contributed by atoms with Gasteiger partial charge in [0.15, 0.2) is 0 Å². The summed E-state index contributed by atoms with van der Waals surface area (Å²) in [5.74, 6) is -1.32. The van der Waals surface area contributed by atoms with Crippen LogP contribution in [-0.4, -0.2) is 36.1 Å². The third kappa shape index (κ3) is 6.06. The molecule has 0 aromatic rings. The Morgan fingerprint density at radius 1 is 1.33 bits per heavy atom. The molecule has 15 heavy (non-hydrogen) atoms. The summed E-state index contributed by atoms with van der Waals surface area (Å²) in [4.78, 5) is 22.1. The lowest BCUT2D eigenvalue weighted by atomic mass is 10.0. The molecule has 0 aliphatic rings. The predicted molar refractivity (Wildman–Crippen MR) is 57.6 cm³/mol. The first kappa shape index (κ1) is 13.9. The number of hydrogen-bond acceptors (Lipinski definition) is 3. The molecule has 0 aliphatic heterocycles. The van der Waals surface area contributed by atoms with Crippen molar-refractivity contribution in [3.8, 4) is 0 Å². The highest BCUT2D eigenvalue weighted by Gasteiger charge is 2.22. The van der Waals surface area contributed by atoms with Crippen molar-refractivity contribution >= 4 is 11.9 Å². The van der Waals surface area contributed by atoms with Gasteiger partial charge in [-0.15, -0.1) is 0 Å². The largest absolute Gasteiger partial charge is 0.480 e. The van der Waals surface area contributed by atoms with Gasteiger partial charge in [0, 0.05) is 13.0 Å². The summed E-state index contributed by atoms with van der Waals surface area (Å²) in [6.45, 7) is 6.87. The first-order chi connectivity index (χ1) is 6.99. The number of carbonyl (C=O) groups excluding carboxylic acids is 1. The SMILES string of the molecule is CCNCCC(=O)N[C@H](C(=O)O)C(C)C. The molecule has 0 saturated heterocycles. The average molecular weight is 216 g/mol. The van der Waals surface area contributed by atoms with Gasteiger partial charge in [-0.1, -0.05) is 20.8 Å². The van der Waals surface area contributed by atoms with Gasteiger partial charge in [0.2, 0.25) is 5.91 Å². The van der Waals surface area contributed by atoms with Gasteiger partial charge in [0.1, 0.15) is 6.04 Å². The average Bonchev–Trinajstić information content (AvgIpc) is 2.13. The molecule has 1 atom stereocenters. The van der Waals surface area contributed by atoms with Crippen molar-refractivity contribution in [2.45, 2.75) is 33.2 Å². The minimum absolute atomic E-state index is 0.106. The summed E-state index contributed by atoms with van der Waals surface area (Å²) < 4.78 is 0. The Kier molecular flexibility index (Phi) is 6.70. The van der Waals surface area contributed by atoms with Crippen LogP contribution in [0.4, 0.5) is 0 Å². The Hall–Kier alpha value is -1.10. The van der Waals surface area contributed by atoms with E-state index in [-0.39, 0.29) is 11.8 Å². The van der Waals surface area contributed by atoms with Crippen LogP contribution in [0.15, 0.2) is 0 Å². The van der Waals surface area contributed by atoms with Crippen LogP contribution in [0.2, 0.25) is 0 Å². The Morgan fingerprint density at radius 2 is 1.93 bits per heavy atom. The lowest BCUT2D eigenvalue weighted by Crippen LogP contribution is -2.44. The zero-order valence-corrected chi connectivity index (χ0v) is 9.54. The van der Waals surface area contributed by atoms with Crippen LogP contribution in [0.3, 0.4) is 0 Å². The molecule has 5 heteroatoms. The summed E-state index contributed by atoms with van der Waals surface area (Å²) >= 11 is 0. The van der Waals surface area contributed by atoms with Crippen LogP contribution >= 0.6 is 0 Å².